The lowest BCUT2D eigenvalue weighted by atomic mass is 9.85. The molecule has 2 aliphatic rings. The van der Waals surface area contributed by atoms with Gasteiger partial charge in [-0.05, 0) is 53.4 Å². The average Bonchev–Trinajstić information content (AvgIpc) is 2.82. The van der Waals surface area contributed by atoms with Gasteiger partial charge in [0.15, 0.2) is 0 Å². The van der Waals surface area contributed by atoms with Gasteiger partial charge in [-0.2, -0.15) is 0 Å². The van der Waals surface area contributed by atoms with Gasteiger partial charge < -0.3 is 29.2 Å². The molecule has 10 nitrogen and oxygen atoms in total. The van der Waals surface area contributed by atoms with Crippen molar-refractivity contribution in [3.05, 3.63) is 0 Å². The highest BCUT2D eigenvalue weighted by atomic mass is 16.6. The van der Waals surface area contributed by atoms with Crippen LogP contribution in [0.5, 0.6) is 0 Å². The summed E-state index contributed by atoms with van der Waals surface area (Å²) in [6.45, 7) is 12.9. The molecule has 0 aromatic heterocycles. The molecular formula is C25H45N3O7. The normalized spacial score (nSPS) is 21.4. The SMILES string of the molecule is CCOC(=O)C1CCC(N2CCN(C(=O)CCOCCOCCNC(=O)OC(C)(C)C)CC2)CC1. The fourth-order valence-corrected chi connectivity index (χ4v) is 4.45. The molecule has 0 atom stereocenters. The lowest BCUT2D eigenvalue weighted by molar-refractivity contribution is -0.149. The first-order valence-corrected chi connectivity index (χ1v) is 13.0. The minimum absolute atomic E-state index is 0.0494. The number of carbonyl (C=O) groups is 3. The molecule has 1 N–H and O–H groups in total. The van der Waals surface area contributed by atoms with E-state index in [-0.39, 0.29) is 17.8 Å². The first kappa shape index (κ1) is 29.3. The predicted molar refractivity (Wildman–Crippen MR) is 131 cm³/mol. The molecule has 0 aromatic rings. The van der Waals surface area contributed by atoms with Crippen molar-refractivity contribution in [1.82, 2.24) is 15.1 Å². The summed E-state index contributed by atoms with van der Waals surface area (Å²) in [7, 11) is 0. The van der Waals surface area contributed by atoms with Crippen LogP contribution in [0.1, 0.15) is 59.8 Å². The largest absolute Gasteiger partial charge is 0.466 e. The van der Waals surface area contributed by atoms with Crippen LogP contribution in [0.15, 0.2) is 0 Å². The second kappa shape index (κ2) is 15.3. The predicted octanol–water partition coefficient (Wildman–Crippen LogP) is 2.20. The van der Waals surface area contributed by atoms with Crippen LogP contribution in [0.4, 0.5) is 4.79 Å². The summed E-state index contributed by atoms with van der Waals surface area (Å²) >= 11 is 0. The van der Waals surface area contributed by atoms with Crippen LogP contribution in [0.2, 0.25) is 0 Å². The van der Waals surface area contributed by atoms with Gasteiger partial charge in [-0.15, -0.1) is 0 Å². The molecule has 2 amide bonds. The highest BCUT2D eigenvalue weighted by Gasteiger charge is 2.32. The molecule has 0 bridgehead atoms. The molecule has 202 valence electrons. The number of piperazine rings is 1. The van der Waals surface area contributed by atoms with Crippen molar-refractivity contribution >= 4 is 18.0 Å². The maximum absolute atomic E-state index is 12.5. The van der Waals surface area contributed by atoms with Crippen LogP contribution in [-0.2, 0) is 28.5 Å². The molecule has 0 spiro atoms. The summed E-state index contributed by atoms with van der Waals surface area (Å²) < 4.78 is 21.2. The molecule has 2 fully saturated rings. The number of hydrogen-bond donors (Lipinski definition) is 1. The third kappa shape index (κ3) is 11.6. The topological polar surface area (TPSA) is 107 Å². The van der Waals surface area contributed by atoms with Crippen LogP contribution in [0.3, 0.4) is 0 Å². The van der Waals surface area contributed by atoms with Gasteiger partial charge in [0.2, 0.25) is 5.91 Å². The summed E-state index contributed by atoms with van der Waals surface area (Å²) in [6, 6.07) is 0.501. The van der Waals surface area contributed by atoms with E-state index in [1.54, 1.807) is 0 Å². The van der Waals surface area contributed by atoms with Crippen molar-refractivity contribution in [2.45, 2.75) is 71.4 Å². The lowest BCUT2D eigenvalue weighted by Crippen LogP contribution is -2.52. The number of amides is 2. The molecule has 1 saturated carbocycles. The molecule has 0 aromatic carbocycles. The van der Waals surface area contributed by atoms with E-state index in [1.165, 1.54) is 0 Å². The smallest absolute Gasteiger partial charge is 0.407 e. The van der Waals surface area contributed by atoms with E-state index in [0.29, 0.717) is 52.0 Å². The van der Waals surface area contributed by atoms with Crippen molar-refractivity contribution in [2.75, 3.05) is 65.8 Å². The van der Waals surface area contributed by atoms with Gasteiger partial charge in [-0.1, -0.05) is 0 Å². The lowest BCUT2D eigenvalue weighted by Gasteiger charge is -2.41. The molecule has 0 radical (unpaired) electrons. The van der Waals surface area contributed by atoms with Crippen molar-refractivity contribution in [3.8, 4) is 0 Å². The first-order chi connectivity index (χ1) is 16.7. The van der Waals surface area contributed by atoms with Gasteiger partial charge in [-0.25, -0.2) is 4.79 Å². The Kier molecular flexibility index (Phi) is 12.8. The second-order valence-electron chi connectivity index (χ2n) is 10.1. The number of carbonyl (C=O) groups excluding carboxylic acids is 3. The maximum Gasteiger partial charge on any atom is 0.407 e. The van der Waals surface area contributed by atoms with Gasteiger partial charge in [0.05, 0.1) is 45.4 Å². The van der Waals surface area contributed by atoms with Crippen molar-refractivity contribution < 1.29 is 33.3 Å². The van der Waals surface area contributed by atoms with Crippen LogP contribution < -0.4 is 5.32 Å². The fourth-order valence-electron chi connectivity index (χ4n) is 4.45. The summed E-state index contributed by atoms with van der Waals surface area (Å²) in [5.41, 5.74) is -0.518. The van der Waals surface area contributed by atoms with Gasteiger partial charge in [0, 0.05) is 38.8 Å². The molecule has 2 rings (SSSR count). The van der Waals surface area contributed by atoms with Crippen molar-refractivity contribution in [3.63, 3.8) is 0 Å². The zero-order chi connectivity index (χ0) is 25.7. The minimum Gasteiger partial charge on any atom is -0.466 e. The van der Waals surface area contributed by atoms with Crippen LogP contribution in [0.25, 0.3) is 0 Å². The van der Waals surface area contributed by atoms with Crippen LogP contribution >= 0.6 is 0 Å². The van der Waals surface area contributed by atoms with E-state index in [2.05, 4.69) is 10.2 Å². The Morgan fingerprint density at radius 1 is 0.886 bits per heavy atom. The van der Waals surface area contributed by atoms with Gasteiger partial charge >= 0.3 is 12.1 Å². The number of nitrogens with zero attached hydrogens (tertiary/aromatic N) is 2. The zero-order valence-electron chi connectivity index (χ0n) is 22.0. The van der Waals surface area contributed by atoms with Crippen molar-refractivity contribution in [1.29, 1.82) is 0 Å². The molecule has 0 unspecified atom stereocenters. The number of esters is 1. The average molecular weight is 500 g/mol. The third-order valence-corrected chi connectivity index (χ3v) is 6.25. The van der Waals surface area contributed by atoms with Gasteiger partial charge in [0.1, 0.15) is 5.60 Å². The molecule has 10 heteroatoms. The van der Waals surface area contributed by atoms with E-state index in [9.17, 15) is 14.4 Å². The maximum atomic E-state index is 12.5. The summed E-state index contributed by atoms with van der Waals surface area (Å²) in [6.07, 6.45) is 3.73. The highest BCUT2D eigenvalue weighted by molar-refractivity contribution is 5.76. The zero-order valence-corrected chi connectivity index (χ0v) is 22.0. The monoisotopic (exact) mass is 499 g/mol. The quantitative estimate of drug-likeness (QED) is 0.322. The van der Waals surface area contributed by atoms with Gasteiger partial charge in [-0.3, -0.25) is 14.5 Å². The molecule has 1 saturated heterocycles. The van der Waals surface area contributed by atoms with E-state index in [0.717, 1.165) is 51.9 Å². The Labute approximate surface area is 209 Å². The van der Waals surface area contributed by atoms with Crippen LogP contribution in [-0.4, -0.2) is 105 Å². The number of alkyl carbamates (subject to hydrolysis) is 1. The van der Waals surface area contributed by atoms with Crippen LogP contribution in [0, 0.1) is 5.92 Å². The fraction of sp³-hybridized carbons (Fsp3) is 0.880. The highest BCUT2D eigenvalue weighted by Crippen LogP contribution is 2.29. The minimum atomic E-state index is -0.518. The van der Waals surface area contributed by atoms with Crippen molar-refractivity contribution in [2.24, 2.45) is 5.92 Å². The molecule has 1 aliphatic carbocycles. The molecule has 35 heavy (non-hydrogen) atoms. The first-order valence-electron chi connectivity index (χ1n) is 13.0. The third-order valence-electron chi connectivity index (χ3n) is 6.25. The number of ether oxygens (including phenoxy) is 4. The summed E-state index contributed by atoms with van der Waals surface area (Å²) in [5.74, 6) is 0.122. The standard InChI is InChI=1S/C25H45N3O7/c1-5-34-23(30)20-6-8-21(9-7-20)27-12-14-28(15-13-27)22(29)10-16-32-18-19-33-17-11-26-24(31)35-25(2,3)4/h20-21H,5-19H2,1-4H3,(H,26,31). The molecule has 1 aliphatic heterocycles. The number of nitrogens with one attached hydrogen (secondary N) is 1. The van der Waals surface area contributed by atoms with E-state index < -0.39 is 11.7 Å². The molecule has 1 heterocycles. The Morgan fingerprint density at radius 3 is 2.11 bits per heavy atom. The van der Waals surface area contributed by atoms with E-state index >= 15 is 0 Å². The Morgan fingerprint density at radius 2 is 1.51 bits per heavy atom. The van der Waals surface area contributed by atoms with Gasteiger partial charge in [0.25, 0.3) is 0 Å². The summed E-state index contributed by atoms with van der Waals surface area (Å²) in [5, 5.41) is 2.63. The summed E-state index contributed by atoms with van der Waals surface area (Å²) in [4.78, 5) is 40.3. The van der Waals surface area contributed by atoms with E-state index in [1.807, 2.05) is 32.6 Å². The Hall–Kier alpha value is -1.91. The number of hydrogen-bond acceptors (Lipinski definition) is 8. The molecular weight excluding hydrogens is 454 g/mol. The Balaban J connectivity index is 1.47. The second-order valence-corrected chi connectivity index (χ2v) is 10.1. The van der Waals surface area contributed by atoms with E-state index in [4.69, 9.17) is 18.9 Å². The number of rotatable bonds is 12. The Bertz CT molecular complexity index is 652.